The fraction of sp³-hybridized carbons (Fsp3) is 0.100. The smallest absolute Gasteiger partial charge is 0.105 e. The van der Waals surface area contributed by atoms with Gasteiger partial charge in [0.15, 0.2) is 0 Å². The summed E-state index contributed by atoms with van der Waals surface area (Å²) >= 11 is 1.38. The van der Waals surface area contributed by atoms with Gasteiger partial charge in [0.2, 0.25) is 0 Å². The number of aliphatic hydroxyl groups excluding tert-OH is 1. The molecule has 0 spiro atoms. The number of benzene rings is 1. The van der Waals surface area contributed by atoms with Crippen molar-refractivity contribution in [3.05, 3.63) is 29.3 Å². The average Bonchev–Trinajstić information content (AvgIpc) is 2.52. The molecule has 1 aromatic carbocycles. The molecule has 0 aliphatic carbocycles. The Morgan fingerprint density at radius 1 is 1.50 bits per heavy atom. The van der Waals surface area contributed by atoms with Crippen LogP contribution in [-0.4, -0.2) is 5.11 Å². The topological polar surface area (TPSA) is 70.0 Å². The molecule has 4 heteroatoms. The second-order valence-corrected chi connectivity index (χ2v) is 3.99. The molecule has 70 valence electrons. The molecule has 2 aromatic rings. The van der Waals surface area contributed by atoms with Crippen LogP contribution < -0.4 is 5.73 Å². The number of anilines is 1. The Balaban J connectivity index is 2.91. The predicted molar refractivity (Wildman–Crippen MR) is 56.9 cm³/mol. The maximum Gasteiger partial charge on any atom is 0.105 e. The second-order valence-electron chi connectivity index (χ2n) is 2.90. The van der Waals surface area contributed by atoms with E-state index in [4.69, 9.17) is 16.1 Å². The number of thiophene rings is 1. The molecule has 0 bridgehead atoms. The molecule has 3 N–H and O–H groups in total. The zero-order valence-corrected chi connectivity index (χ0v) is 8.14. The van der Waals surface area contributed by atoms with E-state index in [0.717, 1.165) is 15.6 Å². The monoisotopic (exact) mass is 204 g/mol. The van der Waals surface area contributed by atoms with Gasteiger partial charge in [-0.3, -0.25) is 0 Å². The normalized spacial score (nSPS) is 10.3. The summed E-state index contributed by atoms with van der Waals surface area (Å²) in [7, 11) is 0. The minimum absolute atomic E-state index is 0.0673. The van der Waals surface area contributed by atoms with Gasteiger partial charge in [0, 0.05) is 10.1 Å². The summed E-state index contributed by atoms with van der Waals surface area (Å²) in [6, 6.07) is 7.62. The summed E-state index contributed by atoms with van der Waals surface area (Å²) in [5, 5.41) is 19.3. The third-order valence-electron chi connectivity index (χ3n) is 2.11. The van der Waals surface area contributed by atoms with Gasteiger partial charge in [-0.05, 0) is 11.6 Å². The van der Waals surface area contributed by atoms with Crippen molar-refractivity contribution >= 4 is 26.4 Å². The molecule has 0 radical (unpaired) electrons. The van der Waals surface area contributed by atoms with Crippen molar-refractivity contribution in [3.63, 3.8) is 0 Å². The molecule has 0 saturated carbocycles. The molecule has 0 aliphatic rings. The number of rotatable bonds is 1. The van der Waals surface area contributed by atoms with E-state index in [-0.39, 0.29) is 6.61 Å². The van der Waals surface area contributed by atoms with Crippen LogP contribution in [0.15, 0.2) is 18.2 Å². The maximum absolute atomic E-state index is 9.12. The van der Waals surface area contributed by atoms with E-state index < -0.39 is 0 Å². The number of fused-ring (bicyclic) bond motifs is 1. The molecule has 0 aliphatic heterocycles. The van der Waals surface area contributed by atoms with Gasteiger partial charge >= 0.3 is 0 Å². The molecular formula is C10H8N2OS. The molecule has 0 fully saturated rings. The largest absolute Gasteiger partial charge is 0.392 e. The van der Waals surface area contributed by atoms with Gasteiger partial charge in [-0.15, -0.1) is 11.3 Å². The molecule has 1 aromatic heterocycles. The number of hydrogen-bond acceptors (Lipinski definition) is 4. The molecule has 1 heterocycles. The van der Waals surface area contributed by atoms with Gasteiger partial charge in [-0.2, -0.15) is 5.26 Å². The number of nitrogen functional groups attached to an aromatic ring is 1. The Hall–Kier alpha value is -1.57. The van der Waals surface area contributed by atoms with Crippen LogP contribution in [0.3, 0.4) is 0 Å². The zero-order valence-electron chi connectivity index (χ0n) is 7.32. The lowest BCUT2D eigenvalue weighted by Gasteiger charge is -1.98. The first kappa shape index (κ1) is 9.00. The summed E-state index contributed by atoms with van der Waals surface area (Å²) in [6.07, 6.45) is 0. The molecule has 2 rings (SSSR count). The van der Waals surface area contributed by atoms with Crippen LogP contribution in [-0.2, 0) is 6.61 Å². The number of nitriles is 1. The molecule has 3 nitrogen and oxygen atoms in total. The van der Waals surface area contributed by atoms with Crippen molar-refractivity contribution in [2.24, 2.45) is 0 Å². The summed E-state index contributed by atoms with van der Waals surface area (Å²) in [5.74, 6) is 0. The Bertz CT molecular complexity index is 525. The van der Waals surface area contributed by atoms with Crippen LogP contribution in [0.4, 0.5) is 5.00 Å². The van der Waals surface area contributed by atoms with E-state index in [1.807, 2.05) is 12.1 Å². The Kier molecular flexibility index (Phi) is 2.12. The van der Waals surface area contributed by atoms with Gasteiger partial charge in [0.25, 0.3) is 0 Å². The fourth-order valence-electron chi connectivity index (χ4n) is 1.48. The van der Waals surface area contributed by atoms with Crippen molar-refractivity contribution in [2.45, 2.75) is 6.61 Å². The van der Waals surface area contributed by atoms with E-state index >= 15 is 0 Å². The summed E-state index contributed by atoms with van der Waals surface area (Å²) in [6.45, 7) is -0.0673. The second kappa shape index (κ2) is 3.29. The van der Waals surface area contributed by atoms with Crippen LogP contribution in [0, 0.1) is 11.3 Å². The van der Waals surface area contributed by atoms with Crippen molar-refractivity contribution in [2.75, 3.05) is 5.73 Å². The minimum atomic E-state index is -0.0673. The van der Waals surface area contributed by atoms with Crippen molar-refractivity contribution in [3.8, 4) is 6.07 Å². The first-order chi connectivity index (χ1) is 6.77. The van der Waals surface area contributed by atoms with Crippen LogP contribution in [0.5, 0.6) is 0 Å². The number of aliphatic hydroxyl groups is 1. The van der Waals surface area contributed by atoms with E-state index in [2.05, 4.69) is 6.07 Å². The Morgan fingerprint density at radius 2 is 2.29 bits per heavy atom. The van der Waals surface area contributed by atoms with Crippen LogP contribution in [0.2, 0.25) is 0 Å². The SMILES string of the molecule is N#Cc1c(N)sc2cccc(CO)c12. The Morgan fingerprint density at radius 3 is 2.93 bits per heavy atom. The van der Waals surface area contributed by atoms with E-state index in [9.17, 15) is 0 Å². The first-order valence-corrected chi connectivity index (χ1v) is 4.90. The maximum atomic E-state index is 9.12. The van der Waals surface area contributed by atoms with Crippen LogP contribution in [0.25, 0.3) is 10.1 Å². The first-order valence-electron chi connectivity index (χ1n) is 4.08. The average molecular weight is 204 g/mol. The highest BCUT2D eigenvalue weighted by atomic mass is 32.1. The number of hydrogen-bond donors (Lipinski definition) is 2. The molecule has 0 saturated heterocycles. The van der Waals surface area contributed by atoms with Gasteiger partial charge in [-0.1, -0.05) is 12.1 Å². The number of nitrogens with two attached hydrogens (primary N) is 1. The highest BCUT2D eigenvalue weighted by Gasteiger charge is 2.11. The standard InChI is InChI=1S/C10H8N2OS/c11-4-7-9-6(5-13)2-1-3-8(9)14-10(7)12/h1-3,13H,5,12H2. The van der Waals surface area contributed by atoms with Crippen LogP contribution in [0.1, 0.15) is 11.1 Å². The molecular weight excluding hydrogens is 196 g/mol. The highest BCUT2D eigenvalue weighted by Crippen LogP contribution is 2.34. The fourth-order valence-corrected chi connectivity index (χ4v) is 2.45. The highest BCUT2D eigenvalue weighted by molar-refractivity contribution is 7.23. The van der Waals surface area contributed by atoms with E-state index in [1.165, 1.54) is 11.3 Å². The van der Waals surface area contributed by atoms with E-state index in [0.29, 0.717) is 10.6 Å². The van der Waals surface area contributed by atoms with E-state index in [1.54, 1.807) is 6.07 Å². The lowest BCUT2D eigenvalue weighted by molar-refractivity contribution is 0.283. The molecule has 0 atom stereocenters. The van der Waals surface area contributed by atoms with Crippen LogP contribution >= 0.6 is 11.3 Å². The minimum Gasteiger partial charge on any atom is -0.392 e. The van der Waals surface area contributed by atoms with Gasteiger partial charge in [0.1, 0.15) is 11.1 Å². The molecule has 14 heavy (non-hydrogen) atoms. The van der Waals surface area contributed by atoms with Gasteiger partial charge in [0.05, 0.1) is 12.2 Å². The van der Waals surface area contributed by atoms with Crippen molar-refractivity contribution < 1.29 is 5.11 Å². The number of nitrogens with zero attached hydrogens (tertiary/aromatic N) is 1. The third kappa shape index (κ3) is 1.15. The third-order valence-corrected chi connectivity index (χ3v) is 3.10. The lowest BCUT2D eigenvalue weighted by atomic mass is 10.1. The van der Waals surface area contributed by atoms with Gasteiger partial charge in [-0.25, -0.2) is 0 Å². The quantitative estimate of drug-likeness (QED) is 0.744. The summed E-state index contributed by atoms with van der Waals surface area (Å²) in [5.41, 5.74) is 6.94. The Labute approximate surface area is 85.0 Å². The van der Waals surface area contributed by atoms with Gasteiger partial charge < -0.3 is 10.8 Å². The van der Waals surface area contributed by atoms with Crippen molar-refractivity contribution in [1.29, 1.82) is 5.26 Å². The lowest BCUT2D eigenvalue weighted by Crippen LogP contribution is -1.87. The zero-order chi connectivity index (χ0) is 10.1. The summed E-state index contributed by atoms with van der Waals surface area (Å²) < 4.78 is 0.950. The molecule has 0 unspecified atom stereocenters. The molecule has 0 amide bonds. The summed E-state index contributed by atoms with van der Waals surface area (Å²) in [4.78, 5) is 0. The predicted octanol–water partition coefficient (Wildman–Crippen LogP) is 1.85. The van der Waals surface area contributed by atoms with Crippen molar-refractivity contribution in [1.82, 2.24) is 0 Å².